The van der Waals surface area contributed by atoms with E-state index in [1.165, 1.54) is 0 Å². The van der Waals surface area contributed by atoms with Crippen LogP contribution >= 0.6 is 0 Å². The van der Waals surface area contributed by atoms with Crippen molar-refractivity contribution in [2.75, 3.05) is 13.7 Å². The zero-order valence-electron chi connectivity index (χ0n) is 10.8. The van der Waals surface area contributed by atoms with Gasteiger partial charge in [0, 0.05) is 5.39 Å². The zero-order valence-corrected chi connectivity index (χ0v) is 10.8. The standard InChI is InChI=1S/C14H19NO3/c1-10(16)6-7-15-9-12-8-11-4-3-5-13(17-2)14(11)18-12/h3-5,8,10,15-16H,6-7,9H2,1-2H3. The summed E-state index contributed by atoms with van der Waals surface area (Å²) in [6, 6.07) is 7.84. The molecule has 1 aromatic carbocycles. The highest BCUT2D eigenvalue weighted by Crippen LogP contribution is 2.28. The van der Waals surface area contributed by atoms with Crippen LogP contribution in [0.5, 0.6) is 5.75 Å². The average Bonchev–Trinajstić information content (AvgIpc) is 2.76. The molecule has 2 aromatic rings. The van der Waals surface area contributed by atoms with Crippen molar-refractivity contribution in [3.05, 3.63) is 30.0 Å². The summed E-state index contributed by atoms with van der Waals surface area (Å²) >= 11 is 0. The van der Waals surface area contributed by atoms with Crippen molar-refractivity contribution in [2.45, 2.75) is 26.0 Å². The minimum absolute atomic E-state index is 0.270. The second-order valence-electron chi connectivity index (χ2n) is 4.41. The van der Waals surface area contributed by atoms with Gasteiger partial charge in [-0.2, -0.15) is 0 Å². The third-order valence-corrected chi connectivity index (χ3v) is 2.82. The van der Waals surface area contributed by atoms with Crippen LogP contribution in [0, 0.1) is 0 Å². The number of hydrogen-bond donors (Lipinski definition) is 2. The van der Waals surface area contributed by atoms with E-state index in [-0.39, 0.29) is 6.10 Å². The summed E-state index contributed by atoms with van der Waals surface area (Å²) in [5, 5.41) is 13.4. The molecule has 0 spiro atoms. The van der Waals surface area contributed by atoms with E-state index in [0.29, 0.717) is 6.54 Å². The Kier molecular flexibility index (Phi) is 4.23. The van der Waals surface area contributed by atoms with Crippen molar-refractivity contribution in [2.24, 2.45) is 0 Å². The lowest BCUT2D eigenvalue weighted by molar-refractivity contribution is 0.183. The Hall–Kier alpha value is -1.52. The molecular weight excluding hydrogens is 230 g/mol. The maximum absolute atomic E-state index is 9.15. The Labute approximate surface area is 107 Å². The molecule has 0 aliphatic rings. The number of fused-ring (bicyclic) bond motifs is 1. The van der Waals surface area contributed by atoms with E-state index in [0.717, 1.165) is 35.4 Å². The minimum atomic E-state index is -0.270. The van der Waals surface area contributed by atoms with E-state index in [4.69, 9.17) is 14.3 Å². The fourth-order valence-corrected chi connectivity index (χ4v) is 1.86. The Morgan fingerprint density at radius 2 is 2.28 bits per heavy atom. The summed E-state index contributed by atoms with van der Waals surface area (Å²) in [6.07, 6.45) is 0.470. The van der Waals surface area contributed by atoms with E-state index >= 15 is 0 Å². The van der Waals surface area contributed by atoms with E-state index in [9.17, 15) is 0 Å². The summed E-state index contributed by atoms with van der Waals surface area (Å²) < 4.78 is 11.0. The lowest BCUT2D eigenvalue weighted by Crippen LogP contribution is -2.18. The van der Waals surface area contributed by atoms with Gasteiger partial charge in [0.2, 0.25) is 0 Å². The number of benzene rings is 1. The van der Waals surface area contributed by atoms with Crippen molar-refractivity contribution in [1.82, 2.24) is 5.32 Å². The molecule has 4 heteroatoms. The largest absolute Gasteiger partial charge is 0.493 e. The molecule has 0 fully saturated rings. The van der Waals surface area contributed by atoms with Gasteiger partial charge in [0.1, 0.15) is 5.76 Å². The molecule has 0 bridgehead atoms. The van der Waals surface area contributed by atoms with E-state index in [1.807, 2.05) is 24.3 Å². The van der Waals surface area contributed by atoms with Crippen molar-refractivity contribution in [3.63, 3.8) is 0 Å². The molecule has 1 aromatic heterocycles. The zero-order chi connectivity index (χ0) is 13.0. The number of hydrogen-bond acceptors (Lipinski definition) is 4. The molecule has 1 heterocycles. The van der Waals surface area contributed by atoms with E-state index in [2.05, 4.69) is 5.32 Å². The van der Waals surface area contributed by atoms with Gasteiger partial charge in [-0.3, -0.25) is 0 Å². The normalized spacial score (nSPS) is 12.8. The first-order chi connectivity index (χ1) is 8.70. The molecule has 1 unspecified atom stereocenters. The van der Waals surface area contributed by atoms with Crippen LogP contribution in [0.4, 0.5) is 0 Å². The van der Waals surface area contributed by atoms with Gasteiger partial charge < -0.3 is 19.6 Å². The number of nitrogens with one attached hydrogen (secondary N) is 1. The van der Waals surface area contributed by atoms with Crippen molar-refractivity contribution in [3.8, 4) is 5.75 Å². The highest BCUT2D eigenvalue weighted by atomic mass is 16.5. The first-order valence-corrected chi connectivity index (χ1v) is 6.15. The first-order valence-electron chi connectivity index (χ1n) is 6.15. The molecule has 2 N–H and O–H groups in total. The van der Waals surface area contributed by atoms with Gasteiger partial charge in [-0.05, 0) is 32.0 Å². The molecule has 0 amide bonds. The monoisotopic (exact) mass is 249 g/mol. The molecule has 4 nitrogen and oxygen atoms in total. The predicted octanol–water partition coefficient (Wildman–Crippen LogP) is 2.30. The highest BCUT2D eigenvalue weighted by Gasteiger charge is 2.08. The van der Waals surface area contributed by atoms with Crippen LogP contribution in [0.3, 0.4) is 0 Å². The molecule has 0 saturated carbocycles. The van der Waals surface area contributed by atoms with Gasteiger partial charge in [-0.25, -0.2) is 0 Å². The topological polar surface area (TPSA) is 54.6 Å². The van der Waals surface area contributed by atoms with Gasteiger partial charge in [-0.1, -0.05) is 12.1 Å². The maximum Gasteiger partial charge on any atom is 0.176 e. The van der Waals surface area contributed by atoms with E-state index in [1.54, 1.807) is 14.0 Å². The first kappa shape index (κ1) is 12.9. The van der Waals surface area contributed by atoms with Crippen LogP contribution in [0.15, 0.2) is 28.7 Å². The van der Waals surface area contributed by atoms with Gasteiger partial charge in [0.25, 0.3) is 0 Å². The number of ether oxygens (including phenoxy) is 1. The number of furan rings is 1. The highest BCUT2D eigenvalue weighted by molar-refractivity contribution is 5.83. The predicted molar refractivity (Wildman–Crippen MR) is 70.8 cm³/mol. The Balaban J connectivity index is 2.02. The number of aliphatic hydroxyl groups is 1. The quantitative estimate of drug-likeness (QED) is 0.771. The second-order valence-corrected chi connectivity index (χ2v) is 4.41. The summed E-state index contributed by atoms with van der Waals surface area (Å²) in [5.41, 5.74) is 0.785. The molecule has 0 aliphatic carbocycles. The van der Waals surface area contributed by atoms with Crippen molar-refractivity contribution < 1.29 is 14.3 Å². The summed E-state index contributed by atoms with van der Waals surface area (Å²) in [6.45, 7) is 3.21. The summed E-state index contributed by atoms with van der Waals surface area (Å²) in [5.74, 6) is 1.63. The Bertz CT molecular complexity index is 505. The van der Waals surface area contributed by atoms with Crippen LogP contribution in [0.25, 0.3) is 11.0 Å². The second kappa shape index (κ2) is 5.89. The smallest absolute Gasteiger partial charge is 0.176 e. The fraction of sp³-hybridized carbons (Fsp3) is 0.429. The molecule has 98 valence electrons. The van der Waals surface area contributed by atoms with Crippen LogP contribution in [0.2, 0.25) is 0 Å². The maximum atomic E-state index is 9.15. The summed E-state index contributed by atoms with van der Waals surface area (Å²) in [4.78, 5) is 0. The lowest BCUT2D eigenvalue weighted by atomic mass is 10.2. The lowest BCUT2D eigenvalue weighted by Gasteiger charge is -2.04. The molecule has 2 rings (SSSR count). The van der Waals surface area contributed by atoms with Crippen LogP contribution in [-0.2, 0) is 6.54 Å². The Morgan fingerprint density at radius 3 is 3.00 bits per heavy atom. The van der Waals surface area contributed by atoms with Gasteiger partial charge in [-0.15, -0.1) is 0 Å². The van der Waals surface area contributed by atoms with Crippen LogP contribution < -0.4 is 10.1 Å². The molecule has 0 saturated heterocycles. The van der Waals surface area contributed by atoms with Gasteiger partial charge >= 0.3 is 0 Å². The van der Waals surface area contributed by atoms with Crippen molar-refractivity contribution in [1.29, 1.82) is 0 Å². The minimum Gasteiger partial charge on any atom is -0.493 e. The third kappa shape index (κ3) is 3.03. The number of methoxy groups -OCH3 is 1. The summed E-state index contributed by atoms with van der Waals surface area (Å²) in [7, 11) is 1.64. The number of aliphatic hydroxyl groups excluding tert-OH is 1. The van der Waals surface area contributed by atoms with E-state index < -0.39 is 0 Å². The number of rotatable bonds is 6. The third-order valence-electron chi connectivity index (χ3n) is 2.82. The number of para-hydroxylation sites is 1. The Morgan fingerprint density at radius 1 is 1.44 bits per heavy atom. The van der Waals surface area contributed by atoms with Crippen LogP contribution in [0.1, 0.15) is 19.1 Å². The molecule has 0 radical (unpaired) electrons. The van der Waals surface area contributed by atoms with Crippen molar-refractivity contribution >= 4 is 11.0 Å². The molecule has 0 aliphatic heterocycles. The fourth-order valence-electron chi connectivity index (χ4n) is 1.86. The molecule has 1 atom stereocenters. The van der Waals surface area contributed by atoms with Gasteiger partial charge in [0.05, 0.1) is 19.8 Å². The van der Waals surface area contributed by atoms with Gasteiger partial charge in [0.15, 0.2) is 11.3 Å². The average molecular weight is 249 g/mol. The van der Waals surface area contributed by atoms with Crippen LogP contribution in [-0.4, -0.2) is 24.9 Å². The SMILES string of the molecule is COc1cccc2cc(CNCCC(C)O)oc12. The molecule has 18 heavy (non-hydrogen) atoms. The molecular formula is C14H19NO3.